The highest BCUT2D eigenvalue weighted by Gasteiger charge is 2.34. The lowest BCUT2D eigenvalue weighted by Gasteiger charge is -2.46. The number of hydrogen-bond acceptors (Lipinski definition) is 6. The first-order valence-electron chi connectivity index (χ1n) is 10.8. The molecule has 0 saturated carbocycles. The molecular weight excluding hydrogens is 483 g/mol. The molecule has 0 bridgehead atoms. The molecule has 2 heterocycles. The Labute approximate surface area is 201 Å². The SMILES string of the molecule is Cc1cc(NCc2c(F)cccc2CN2CC(C)(C)C2)c(F)c(F)c1S(=O)(=O)Cc1cscn1. The van der Waals surface area contributed by atoms with E-state index in [0.29, 0.717) is 12.1 Å². The molecule has 1 N–H and O–H groups in total. The molecule has 1 saturated heterocycles. The van der Waals surface area contributed by atoms with Crippen LogP contribution >= 0.6 is 11.3 Å². The van der Waals surface area contributed by atoms with Gasteiger partial charge in [0, 0.05) is 37.1 Å². The molecule has 10 heteroatoms. The van der Waals surface area contributed by atoms with Gasteiger partial charge in [-0.2, -0.15) is 0 Å². The van der Waals surface area contributed by atoms with E-state index < -0.39 is 37.9 Å². The summed E-state index contributed by atoms with van der Waals surface area (Å²) in [6.07, 6.45) is 0. The maximum atomic E-state index is 14.9. The molecule has 0 atom stereocenters. The van der Waals surface area contributed by atoms with Gasteiger partial charge in [0.25, 0.3) is 0 Å². The van der Waals surface area contributed by atoms with E-state index in [9.17, 15) is 21.6 Å². The summed E-state index contributed by atoms with van der Waals surface area (Å²) in [4.78, 5) is 5.43. The molecule has 1 aliphatic heterocycles. The number of aryl methyl sites for hydroxylation is 1. The lowest BCUT2D eigenvalue weighted by atomic mass is 9.84. The Morgan fingerprint density at radius 2 is 1.91 bits per heavy atom. The van der Waals surface area contributed by atoms with Crippen molar-refractivity contribution in [1.29, 1.82) is 0 Å². The summed E-state index contributed by atoms with van der Waals surface area (Å²) in [6, 6.07) is 6.02. The maximum Gasteiger partial charge on any atom is 0.187 e. The first kappa shape index (κ1) is 24.7. The molecular formula is C24H26F3N3O2S2. The van der Waals surface area contributed by atoms with Gasteiger partial charge in [-0.15, -0.1) is 11.3 Å². The van der Waals surface area contributed by atoms with Crippen molar-refractivity contribution in [3.8, 4) is 0 Å². The van der Waals surface area contributed by atoms with Crippen LogP contribution in [0, 0.1) is 29.8 Å². The van der Waals surface area contributed by atoms with Gasteiger partial charge in [-0.1, -0.05) is 26.0 Å². The van der Waals surface area contributed by atoms with E-state index in [2.05, 4.69) is 29.0 Å². The van der Waals surface area contributed by atoms with Crippen LogP contribution in [0.1, 0.15) is 36.2 Å². The molecule has 0 unspecified atom stereocenters. The van der Waals surface area contributed by atoms with E-state index in [1.165, 1.54) is 35.9 Å². The van der Waals surface area contributed by atoms with Crippen molar-refractivity contribution in [3.63, 3.8) is 0 Å². The monoisotopic (exact) mass is 509 g/mol. The lowest BCUT2D eigenvalue weighted by molar-refractivity contribution is 0.0240. The number of anilines is 1. The zero-order valence-corrected chi connectivity index (χ0v) is 20.8. The first-order valence-corrected chi connectivity index (χ1v) is 13.4. The van der Waals surface area contributed by atoms with E-state index in [1.807, 2.05) is 6.07 Å². The van der Waals surface area contributed by atoms with Gasteiger partial charge in [-0.3, -0.25) is 4.90 Å². The van der Waals surface area contributed by atoms with E-state index >= 15 is 0 Å². The normalized spacial score (nSPS) is 15.8. The quantitative estimate of drug-likeness (QED) is 0.447. The fourth-order valence-corrected chi connectivity index (χ4v) is 6.74. The van der Waals surface area contributed by atoms with Crippen molar-refractivity contribution in [2.75, 3.05) is 18.4 Å². The zero-order chi connectivity index (χ0) is 24.7. The molecule has 4 rings (SSSR count). The Bertz CT molecular complexity index is 1300. The number of aromatic nitrogens is 1. The van der Waals surface area contributed by atoms with E-state index in [-0.39, 0.29) is 28.9 Å². The second kappa shape index (κ2) is 9.31. The number of halogens is 3. The summed E-state index contributed by atoms with van der Waals surface area (Å²) in [7, 11) is -4.15. The van der Waals surface area contributed by atoms with Crippen LogP contribution in [0.4, 0.5) is 18.9 Å². The number of hydrogen-bond donors (Lipinski definition) is 1. The number of likely N-dealkylation sites (tertiary alicyclic amines) is 1. The number of rotatable bonds is 8. The number of benzene rings is 2. The Morgan fingerprint density at radius 3 is 2.56 bits per heavy atom. The molecule has 0 aliphatic carbocycles. The Hall–Kier alpha value is -2.43. The molecule has 0 amide bonds. The molecule has 1 fully saturated rings. The maximum absolute atomic E-state index is 14.9. The minimum absolute atomic E-state index is 0.0631. The molecule has 1 aromatic heterocycles. The van der Waals surface area contributed by atoms with Crippen molar-refractivity contribution in [2.24, 2.45) is 5.41 Å². The zero-order valence-electron chi connectivity index (χ0n) is 19.2. The lowest BCUT2D eigenvalue weighted by Crippen LogP contribution is -2.52. The highest BCUT2D eigenvalue weighted by molar-refractivity contribution is 7.90. The standard InChI is InChI=1S/C24H26F3N3O2S2/c1-15-7-20(21(26)22(27)23(15)34(31,32)11-17-10-33-14-29-17)28-8-18-16(5-4-6-19(18)25)9-30-12-24(2,3)13-30/h4-7,10,14,28H,8-9,11-13H2,1-3H3. The van der Waals surface area contributed by atoms with Gasteiger partial charge < -0.3 is 5.32 Å². The van der Waals surface area contributed by atoms with Crippen molar-refractivity contribution in [2.45, 2.75) is 44.5 Å². The predicted molar refractivity (Wildman–Crippen MR) is 127 cm³/mol. The van der Waals surface area contributed by atoms with Crippen LogP contribution in [0.15, 0.2) is 40.1 Å². The van der Waals surface area contributed by atoms with Crippen LogP contribution in [0.25, 0.3) is 0 Å². The molecule has 1 aliphatic rings. The third kappa shape index (κ3) is 5.13. The second-order valence-electron chi connectivity index (χ2n) is 9.48. The van der Waals surface area contributed by atoms with Crippen LogP contribution < -0.4 is 5.32 Å². The fourth-order valence-electron chi connectivity index (χ4n) is 4.47. The Balaban J connectivity index is 1.56. The highest BCUT2D eigenvalue weighted by atomic mass is 32.2. The molecule has 0 spiro atoms. The van der Waals surface area contributed by atoms with E-state index in [1.54, 1.807) is 11.4 Å². The molecule has 2 aromatic carbocycles. The van der Waals surface area contributed by atoms with E-state index in [4.69, 9.17) is 0 Å². The minimum atomic E-state index is -4.15. The van der Waals surface area contributed by atoms with Crippen molar-refractivity contribution >= 4 is 26.9 Å². The summed E-state index contributed by atoms with van der Waals surface area (Å²) in [6.45, 7) is 8.01. The van der Waals surface area contributed by atoms with Crippen molar-refractivity contribution < 1.29 is 21.6 Å². The number of thiazole rings is 1. The average molecular weight is 510 g/mol. The van der Waals surface area contributed by atoms with Gasteiger partial charge >= 0.3 is 0 Å². The molecule has 5 nitrogen and oxygen atoms in total. The van der Waals surface area contributed by atoms with Crippen molar-refractivity contribution in [1.82, 2.24) is 9.88 Å². The topological polar surface area (TPSA) is 62.3 Å². The smallest absolute Gasteiger partial charge is 0.187 e. The summed E-state index contributed by atoms with van der Waals surface area (Å²) in [5, 5.41) is 4.31. The highest BCUT2D eigenvalue weighted by Crippen LogP contribution is 2.32. The van der Waals surface area contributed by atoms with Gasteiger partial charge in [-0.05, 0) is 35.6 Å². The van der Waals surface area contributed by atoms with Crippen molar-refractivity contribution in [3.05, 3.63) is 75.0 Å². The van der Waals surface area contributed by atoms with Crippen LogP contribution in [0.2, 0.25) is 0 Å². The third-order valence-electron chi connectivity index (χ3n) is 5.85. The van der Waals surface area contributed by atoms with Gasteiger partial charge in [-0.25, -0.2) is 26.6 Å². The predicted octanol–water partition coefficient (Wildman–Crippen LogP) is 5.30. The van der Waals surface area contributed by atoms with Crippen LogP contribution in [0.3, 0.4) is 0 Å². The molecule has 34 heavy (non-hydrogen) atoms. The minimum Gasteiger partial charge on any atom is -0.378 e. The molecule has 3 aromatic rings. The summed E-state index contributed by atoms with van der Waals surface area (Å²) in [5.41, 5.74) is 2.94. The fraction of sp³-hybridized carbons (Fsp3) is 0.375. The Morgan fingerprint density at radius 1 is 1.18 bits per heavy atom. The average Bonchev–Trinajstić information content (AvgIpc) is 3.21. The van der Waals surface area contributed by atoms with Gasteiger partial charge in [0.2, 0.25) is 0 Å². The van der Waals surface area contributed by atoms with E-state index in [0.717, 1.165) is 18.7 Å². The number of nitrogens with one attached hydrogen (secondary N) is 1. The summed E-state index contributed by atoms with van der Waals surface area (Å²) in [5.74, 6) is -3.73. The van der Waals surface area contributed by atoms with Crippen LogP contribution in [0.5, 0.6) is 0 Å². The summed E-state index contributed by atoms with van der Waals surface area (Å²) >= 11 is 1.22. The largest absolute Gasteiger partial charge is 0.378 e. The second-order valence-corrected chi connectivity index (χ2v) is 12.1. The number of sulfone groups is 1. The molecule has 0 radical (unpaired) electrons. The van der Waals surface area contributed by atoms with Gasteiger partial charge in [0.05, 0.1) is 22.6 Å². The third-order valence-corrected chi connectivity index (χ3v) is 8.28. The molecule has 182 valence electrons. The van der Waals surface area contributed by atoms with Gasteiger partial charge in [0.1, 0.15) is 10.7 Å². The summed E-state index contributed by atoms with van der Waals surface area (Å²) < 4.78 is 69.9. The van der Waals surface area contributed by atoms with Gasteiger partial charge in [0.15, 0.2) is 21.5 Å². The number of nitrogens with zero attached hydrogens (tertiary/aromatic N) is 2. The van der Waals surface area contributed by atoms with Crippen LogP contribution in [-0.4, -0.2) is 31.4 Å². The van der Waals surface area contributed by atoms with Crippen LogP contribution in [-0.2, 0) is 28.7 Å². The first-order chi connectivity index (χ1) is 16.0. The Kier molecular flexibility index (Phi) is 6.76.